The van der Waals surface area contributed by atoms with Crippen LogP contribution in [-0.2, 0) is 17.8 Å². The Balaban J connectivity index is 1.56. The molecular weight excluding hydrogens is 362 g/mol. The van der Waals surface area contributed by atoms with E-state index in [4.69, 9.17) is 5.26 Å². The number of carbonyl (C=O) groups is 2. The summed E-state index contributed by atoms with van der Waals surface area (Å²) < 4.78 is 0. The summed E-state index contributed by atoms with van der Waals surface area (Å²) in [5.41, 5.74) is 4.54. The van der Waals surface area contributed by atoms with Gasteiger partial charge in [0.1, 0.15) is 0 Å². The summed E-state index contributed by atoms with van der Waals surface area (Å²) in [6.45, 7) is 0.527. The quantitative estimate of drug-likeness (QED) is 0.733. The lowest BCUT2D eigenvalue weighted by molar-refractivity contribution is -0.119. The van der Waals surface area contributed by atoms with Gasteiger partial charge >= 0.3 is 0 Å². The Labute approximate surface area is 169 Å². The van der Waals surface area contributed by atoms with Crippen molar-refractivity contribution in [3.8, 4) is 6.07 Å². The van der Waals surface area contributed by atoms with Crippen molar-refractivity contribution in [2.24, 2.45) is 0 Å². The summed E-state index contributed by atoms with van der Waals surface area (Å²) in [5, 5.41) is 11.9. The van der Waals surface area contributed by atoms with Crippen molar-refractivity contribution in [3.63, 3.8) is 0 Å². The van der Waals surface area contributed by atoms with Crippen molar-refractivity contribution < 1.29 is 9.59 Å². The van der Waals surface area contributed by atoms with E-state index in [9.17, 15) is 9.59 Å². The van der Waals surface area contributed by atoms with Gasteiger partial charge in [-0.15, -0.1) is 0 Å². The molecule has 142 valence electrons. The molecule has 3 aromatic carbocycles. The fourth-order valence-corrected chi connectivity index (χ4v) is 3.51. The molecule has 0 saturated carbocycles. The minimum atomic E-state index is -0.268. The lowest BCUT2D eigenvalue weighted by Crippen LogP contribution is -2.34. The largest absolute Gasteiger partial charge is 0.322 e. The number of benzene rings is 3. The number of hydrogen-bond donors (Lipinski definition) is 1. The van der Waals surface area contributed by atoms with Crippen LogP contribution < -0.4 is 10.2 Å². The number of nitriles is 1. The maximum absolute atomic E-state index is 12.5. The van der Waals surface area contributed by atoms with Gasteiger partial charge in [0.05, 0.1) is 18.2 Å². The predicted molar refractivity (Wildman–Crippen MR) is 112 cm³/mol. The first-order valence-electron chi connectivity index (χ1n) is 9.43. The number of nitrogens with zero attached hydrogens (tertiary/aromatic N) is 2. The third-order valence-electron chi connectivity index (χ3n) is 4.97. The van der Waals surface area contributed by atoms with Gasteiger partial charge in [0.25, 0.3) is 5.91 Å². The van der Waals surface area contributed by atoms with Crippen LogP contribution in [0, 0.1) is 11.3 Å². The number of aryl methyl sites for hydroxylation is 1. The molecule has 0 atom stereocenters. The maximum atomic E-state index is 12.5. The summed E-state index contributed by atoms with van der Waals surface area (Å²) in [4.78, 5) is 26.8. The van der Waals surface area contributed by atoms with Crippen molar-refractivity contribution in [1.82, 2.24) is 0 Å². The molecule has 1 aliphatic heterocycles. The third kappa shape index (κ3) is 4.02. The Morgan fingerprint density at radius 1 is 1.00 bits per heavy atom. The van der Waals surface area contributed by atoms with Gasteiger partial charge in [0.2, 0.25) is 5.91 Å². The second-order valence-corrected chi connectivity index (χ2v) is 6.96. The molecule has 0 unspecified atom stereocenters. The Kier molecular flexibility index (Phi) is 5.08. The Morgan fingerprint density at radius 3 is 2.62 bits per heavy atom. The molecule has 5 nitrogen and oxygen atoms in total. The number of anilines is 2. The molecule has 29 heavy (non-hydrogen) atoms. The molecule has 5 heteroatoms. The normalized spacial score (nSPS) is 12.8. The van der Waals surface area contributed by atoms with Crippen LogP contribution in [0.4, 0.5) is 11.4 Å². The van der Waals surface area contributed by atoms with Crippen LogP contribution >= 0.6 is 0 Å². The number of rotatable bonds is 4. The van der Waals surface area contributed by atoms with Gasteiger partial charge < -0.3 is 10.2 Å². The van der Waals surface area contributed by atoms with Crippen LogP contribution in [0.5, 0.6) is 0 Å². The summed E-state index contributed by atoms with van der Waals surface area (Å²) in [5.74, 6) is -0.165. The first-order valence-corrected chi connectivity index (χ1v) is 9.43. The summed E-state index contributed by atoms with van der Waals surface area (Å²) in [6, 6.07) is 24.1. The monoisotopic (exact) mass is 381 g/mol. The highest BCUT2D eigenvalue weighted by molar-refractivity contribution is 6.05. The van der Waals surface area contributed by atoms with E-state index in [0.29, 0.717) is 36.2 Å². The van der Waals surface area contributed by atoms with E-state index in [1.807, 2.05) is 54.6 Å². The second-order valence-electron chi connectivity index (χ2n) is 6.96. The molecule has 2 amide bonds. The molecule has 0 radical (unpaired) electrons. The van der Waals surface area contributed by atoms with Crippen LogP contribution in [0.3, 0.4) is 0 Å². The molecule has 0 aromatic heterocycles. The van der Waals surface area contributed by atoms with Crippen molar-refractivity contribution in [3.05, 3.63) is 95.1 Å². The summed E-state index contributed by atoms with van der Waals surface area (Å²) in [7, 11) is 0. The van der Waals surface area contributed by atoms with Gasteiger partial charge in [0, 0.05) is 23.4 Å². The molecule has 1 N–H and O–H groups in total. The van der Waals surface area contributed by atoms with E-state index >= 15 is 0 Å². The molecule has 1 aliphatic rings. The predicted octanol–water partition coefficient (Wildman–Crippen LogP) is 4.29. The van der Waals surface area contributed by atoms with E-state index in [1.54, 1.807) is 29.2 Å². The SMILES string of the molecule is N#Cc1cccc(C(=O)Nc2ccc3c(c2)CCC(=O)N3Cc2ccccc2)c1. The zero-order chi connectivity index (χ0) is 20.2. The Morgan fingerprint density at radius 2 is 1.83 bits per heavy atom. The smallest absolute Gasteiger partial charge is 0.255 e. The van der Waals surface area contributed by atoms with Crippen LogP contribution in [0.1, 0.15) is 33.5 Å². The summed E-state index contributed by atoms with van der Waals surface area (Å²) in [6.07, 6.45) is 1.09. The number of amides is 2. The number of nitrogens with one attached hydrogen (secondary N) is 1. The van der Waals surface area contributed by atoms with Crippen molar-refractivity contribution >= 4 is 23.2 Å². The number of carbonyl (C=O) groups excluding carboxylic acids is 2. The zero-order valence-corrected chi connectivity index (χ0v) is 15.8. The number of fused-ring (bicyclic) bond motifs is 1. The average Bonchev–Trinajstić information content (AvgIpc) is 2.76. The first kappa shape index (κ1) is 18.5. The highest BCUT2D eigenvalue weighted by Gasteiger charge is 2.24. The zero-order valence-electron chi connectivity index (χ0n) is 15.8. The summed E-state index contributed by atoms with van der Waals surface area (Å²) >= 11 is 0. The topological polar surface area (TPSA) is 73.2 Å². The standard InChI is InChI=1S/C24H19N3O2/c25-15-18-7-4-8-20(13-18)24(29)26-21-10-11-22-19(14-21)9-12-23(28)27(22)16-17-5-2-1-3-6-17/h1-8,10-11,13-14H,9,12,16H2,(H,26,29). The van der Waals surface area contributed by atoms with Crippen molar-refractivity contribution in [2.45, 2.75) is 19.4 Å². The molecule has 3 aromatic rings. The third-order valence-corrected chi connectivity index (χ3v) is 4.97. The Bertz CT molecular complexity index is 1120. The fourth-order valence-electron chi connectivity index (χ4n) is 3.51. The second kappa shape index (κ2) is 7.99. The maximum Gasteiger partial charge on any atom is 0.255 e. The average molecular weight is 381 g/mol. The fraction of sp³-hybridized carbons (Fsp3) is 0.125. The van der Waals surface area contributed by atoms with Crippen molar-refractivity contribution in [2.75, 3.05) is 10.2 Å². The van der Waals surface area contributed by atoms with E-state index in [2.05, 4.69) is 5.32 Å². The van der Waals surface area contributed by atoms with Gasteiger partial charge in [-0.05, 0) is 53.9 Å². The molecular formula is C24H19N3O2. The molecule has 4 rings (SSSR count). The van der Waals surface area contributed by atoms with Gasteiger partial charge in [-0.1, -0.05) is 36.4 Å². The van der Waals surface area contributed by atoms with E-state index in [0.717, 1.165) is 16.8 Å². The lowest BCUT2D eigenvalue weighted by Gasteiger charge is -2.30. The van der Waals surface area contributed by atoms with Crippen LogP contribution in [-0.4, -0.2) is 11.8 Å². The number of hydrogen-bond acceptors (Lipinski definition) is 3. The molecule has 0 saturated heterocycles. The van der Waals surface area contributed by atoms with E-state index in [1.165, 1.54) is 0 Å². The molecule has 0 aliphatic carbocycles. The molecule has 0 fully saturated rings. The minimum Gasteiger partial charge on any atom is -0.322 e. The van der Waals surface area contributed by atoms with Crippen molar-refractivity contribution in [1.29, 1.82) is 5.26 Å². The van der Waals surface area contributed by atoms with Crippen LogP contribution in [0.2, 0.25) is 0 Å². The molecule has 0 bridgehead atoms. The van der Waals surface area contributed by atoms with Gasteiger partial charge in [-0.3, -0.25) is 9.59 Å². The Hall–Kier alpha value is -3.91. The highest BCUT2D eigenvalue weighted by atomic mass is 16.2. The van der Waals surface area contributed by atoms with E-state index in [-0.39, 0.29) is 11.8 Å². The van der Waals surface area contributed by atoms with Crippen LogP contribution in [0.15, 0.2) is 72.8 Å². The lowest BCUT2D eigenvalue weighted by atomic mass is 9.99. The van der Waals surface area contributed by atoms with Gasteiger partial charge in [-0.25, -0.2) is 0 Å². The minimum absolute atomic E-state index is 0.103. The molecule has 1 heterocycles. The van der Waals surface area contributed by atoms with Crippen LogP contribution in [0.25, 0.3) is 0 Å². The molecule has 0 spiro atoms. The van der Waals surface area contributed by atoms with E-state index < -0.39 is 0 Å². The highest BCUT2D eigenvalue weighted by Crippen LogP contribution is 2.31. The first-order chi connectivity index (χ1) is 14.1. The van der Waals surface area contributed by atoms with Gasteiger partial charge in [0.15, 0.2) is 0 Å². The van der Waals surface area contributed by atoms with Gasteiger partial charge in [-0.2, -0.15) is 5.26 Å².